The number of ketones is 1. The minimum atomic E-state index is -0.985. The highest BCUT2D eigenvalue weighted by Crippen LogP contribution is 2.29. The molecule has 0 aliphatic rings. The summed E-state index contributed by atoms with van der Waals surface area (Å²) in [7, 11) is 2.99. The first-order valence-corrected chi connectivity index (χ1v) is 5.91. The molecule has 104 valence electrons. The largest absolute Gasteiger partial charge is 0.493 e. The third-order valence-corrected chi connectivity index (χ3v) is 3.22. The third kappa shape index (κ3) is 3.24. The first kappa shape index (κ1) is 15.0. The normalized spacial score (nSPS) is 13.5. The van der Waals surface area contributed by atoms with Gasteiger partial charge in [0.2, 0.25) is 0 Å². The van der Waals surface area contributed by atoms with E-state index in [9.17, 15) is 9.59 Å². The molecule has 0 saturated heterocycles. The highest BCUT2D eigenvalue weighted by molar-refractivity contribution is 6.00. The zero-order valence-electron chi connectivity index (χ0n) is 11.5. The van der Waals surface area contributed by atoms with Gasteiger partial charge in [0.15, 0.2) is 17.3 Å². The average Bonchev–Trinajstić information content (AvgIpc) is 2.43. The minimum absolute atomic E-state index is 0.226. The Morgan fingerprint density at radius 1 is 1.05 bits per heavy atom. The molecule has 2 unspecified atom stereocenters. The lowest BCUT2D eigenvalue weighted by atomic mass is 9.88. The fourth-order valence-electron chi connectivity index (χ4n) is 1.69. The fraction of sp³-hybridized carbons (Fsp3) is 0.429. The number of hydrogen-bond acceptors (Lipinski definition) is 4. The highest BCUT2D eigenvalue weighted by atomic mass is 16.5. The number of ether oxygens (including phenoxy) is 2. The van der Waals surface area contributed by atoms with Crippen LogP contribution in [0, 0.1) is 11.8 Å². The Morgan fingerprint density at radius 2 is 1.63 bits per heavy atom. The molecule has 0 radical (unpaired) electrons. The number of methoxy groups -OCH3 is 2. The fourth-order valence-corrected chi connectivity index (χ4v) is 1.69. The quantitative estimate of drug-likeness (QED) is 0.799. The molecular weight excluding hydrogens is 248 g/mol. The summed E-state index contributed by atoms with van der Waals surface area (Å²) in [5.74, 6) is -1.57. The summed E-state index contributed by atoms with van der Waals surface area (Å²) in [5.41, 5.74) is 0.415. The van der Waals surface area contributed by atoms with Crippen LogP contribution in [0.5, 0.6) is 11.5 Å². The smallest absolute Gasteiger partial charge is 0.306 e. The van der Waals surface area contributed by atoms with Gasteiger partial charge in [-0.25, -0.2) is 0 Å². The molecule has 0 aliphatic heterocycles. The van der Waals surface area contributed by atoms with Gasteiger partial charge in [0, 0.05) is 11.5 Å². The molecule has 0 amide bonds. The standard InChI is InChI=1S/C14H18O5/c1-8(9(2)14(16)17)13(15)10-5-6-11(18-3)12(7-10)19-4/h5-9H,1-4H3,(H,16,17). The van der Waals surface area contributed by atoms with E-state index < -0.39 is 17.8 Å². The number of carbonyl (C=O) groups is 2. The maximum Gasteiger partial charge on any atom is 0.306 e. The van der Waals surface area contributed by atoms with E-state index in [2.05, 4.69) is 0 Å². The van der Waals surface area contributed by atoms with Crippen LogP contribution in [0.1, 0.15) is 24.2 Å². The van der Waals surface area contributed by atoms with Crippen LogP contribution in [0.2, 0.25) is 0 Å². The van der Waals surface area contributed by atoms with Crippen LogP contribution >= 0.6 is 0 Å². The van der Waals surface area contributed by atoms with Crippen molar-refractivity contribution in [3.8, 4) is 11.5 Å². The number of carboxylic acids is 1. The lowest BCUT2D eigenvalue weighted by Gasteiger charge is -2.16. The van der Waals surface area contributed by atoms with E-state index in [-0.39, 0.29) is 5.78 Å². The molecular formula is C14H18O5. The van der Waals surface area contributed by atoms with Gasteiger partial charge in [0.05, 0.1) is 20.1 Å². The van der Waals surface area contributed by atoms with E-state index in [1.54, 1.807) is 25.1 Å². The van der Waals surface area contributed by atoms with Crippen molar-refractivity contribution < 1.29 is 24.2 Å². The number of aliphatic carboxylic acids is 1. The molecule has 5 nitrogen and oxygen atoms in total. The molecule has 0 bridgehead atoms. The Hall–Kier alpha value is -2.04. The van der Waals surface area contributed by atoms with Crippen LogP contribution in [-0.2, 0) is 4.79 Å². The summed E-state index contributed by atoms with van der Waals surface area (Å²) in [6.45, 7) is 3.13. The summed E-state index contributed by atoms with van der Waals surface area (Å²) in [4.78, 5) is 23.1. The van der Waals surface area contributed by atoms with Crippen molar-refractivity contribution in [2.24, 2.45) is 11.8 Å². The van der Waals surface area contributed by atoms with Gasteiger partial charge in [-0.2, -0.15) is 0 Å². The van der Waals surface area contributed by atoms with Gasteiger partial charge in [-0.3, -0.25) is 9.59 Å². The number of carboxylic acid groups (broad SMARTS) is 1. The lowest BCUT2D eigenvalue weighted by molar-refractivity contribution is -0.142. The Balaban J connectivity index is 3.03. The van der Waals surface area contributed by atoms with Crippen molar-refractivity contribution in [1.29, 1.82) is 0 Å². The summed E-state index contributed by atoms with van der Waals surface area (Å²) in [6, 6.07) is 4.80. The molecule has 1 rings (SSSR count). The second-order valence-corrected chi connectivity index (χ2v) is 4.35. The Labute approximate surface area is 112 Å². The lowest BCUT2D eigenvalue weighted by Crippen LogP contribution is -2.25. The monoisotopic (exact) mass is 266 g/mol. The van der Waals surface area contributed by atoms with E-state index in [4.69, 9.17) is 14.6 Å². The van der Waals surface area contributed by atoms with Crippen molar-refractivity contribution in [2.75, 3.05) is 14.2 Å². The number of carbonyl (C=O) groups excluding carboxylic acids is 1. The SMILES string of the molecule is COc1ccc(C(=O)C(C)C(C)C(=O)O)cc1OC. The van der Waals surface area contributed by atoms with Crippen LogP contribution in [0.15, 0.2) is 18.2 Å². The van der Waals surface area contributed by atoms with Gasteiger partial charge < -0.3 is 14.6 Å². The van der Waals surface area contributed by atoms with Gasteiger partial charge in [0.1, 0.15) is 0 Å². The van der Waals surface area contributed by atoms with E-state index in [0.717, 1.165) is 0 Å². The van der Waals surface area contributed by atoms with E-state index in [0.29, 0.717) is 17.1 Å². The zero-order valence-corrected chi connectivity index (χ0v) is 11.5. The topological polar surface area (TPSA) is 72.8 Å². The van der Waals surface area contributed by atoms with Crippen LogP contribution in [0.3, 0.4) is 0 Å². The Kier molecular flexibility index (Phi) is 4.92. The molecule has 1 aromatic rings. The summed E-state index contributed by atoms with van der Waals surface area (Å²) < 4.78 is 10.2. The van der Waals surface area contributed by atoms with Crippen molar-refractivity contribution in [2.45, 2.75) is 13.8 Å². The predicted molar refractivity (Wildman–Crippen MR) is 69.8 cm³/mol. The van der Waals surface area contributed by atoms with E-state index in [1.807, 2.05) is 0 Å². The van der Waals surface area contributed by atoms with Gasteiger partial charge in [-0.1, -0.05) is 13.8 Å². The van der Waals surface area contributed by atoms with Crippen molar-refractivity contribution in [3.63, 3.8) is 0 Å². The van der Waals surface area contributed by atoms with Crippen molar-refractivity contribution >= 4 is 11.8 Å². The van der Waals surface area contributed by atoms with Crippen molar-refractivity contribution in [1.82, 2.24) is 0 Å². The Morgan fingerprint density at radius 3 is 2.11 bits per heavy atom. The molecule has 5 heteroatoms. The summed E-state index contributed by atoms with van der Waals surface area (Å²) >= 11 is 0. The Bertz CT molecular complexity index is 481. The number of Topliss-reactive ketones (excluding diaryl/α,β-unsaturated/α-hetero) is 1. The number of benzene rings is 1. The van der Waals surface area contributed by atoms with Gasteiger partial charge >= 0.3 is 5.97 Å². The molecule has 0 aromatic heterocycles. The predicted octanol–water partition coefficient (Wildman–Crippen LogP) is 2.24. The molecule has 1 N–H and O–H groups in total. The van der Waals surface area contributed by atoms with Gasteiger partial charge in [0.25, 0.3) is 0 Å². The molecule has 19 heavy (non-hydrogen) atoms. The molecule has 0 aliphatic carbocycles. The second-order valence-electron chi connectivity index (χ2n) is 4.35. The summed E-state index contributed by atoms with van der Waals surface area (Å²) in [6.07, 6.45) is 0. The van der Waals surface area contributed by atoms with Crippen LogP contribution in [-0.4, -0.2) is 31.1 Å². The average molecular weight is 266 g/mol. The summed E-state index contributed by atoms with van der Waals surface area (Å²) in [5, 5.41) is 8.93. The van der Waals surface area contributed by atoms with E-state index in [1.165, 1.54) is 21.1 Å². The van der Waals surface area contributed by atoms with Crippen LogP contribution in [0.4, 0.5) is 0 Å². The third-order valence-electron chi connectivity index (χ3n) is 3.22. The first-order valence-electron chi connectivity index (χ1n) is 5.91. The van der Waals surface area contributed by atoms with Gasteiger partial charge in [-0.15, -0.1) is 0 Å². The second kappa shape index (κ2) is 6.22. The molecule has 0 fully saturated rings. The molecule has 0 heterocycles. The number of hydrogen-bond donors (Lipinski definition) is 1. The van der Waals surface area contributed by atoms with Crippen molar-refractivity contribution in [3.05, 3.63) is 23.8 Å². The first-order chi connectivity index (χ1) is 8.92. The molecule has 0 saturated carbocycles. The minimum Gasteiger partial charge on any atom is -0.493 e. The van der Waals surface area contributed by atoms with Crippen LogP contribution < -0.4 is 9.47 Å². The molecule has 2 atom stereocenters. The highest BCUT2D eigenvalue weighted by Gasteiger charge is 2.27. The van der Waals surface area contributed by atoms with Crippen LogP contribution in [0.25, 0.3) is 0 Å². The van der Waals surface area contributed by atoms with E-state index >= 15 is 0 Å². The maximum atomic E-state index is 12.2. The zero-order chi connectivity index (χ0) is 14.6. The molecule has 1 aromatic carbocycles. The molecule has 0 spiro atoms. The number of rotatable bonds is 6. The maximum absolute atomic E-state index is 12.2. The van der Waals surface area contributed by atoms with Gasteiger partial charge in [-0.05, 0) is 18.2 Å².